The predicted octanol–water partition coefficient (Wildman–Crippen LogP) is 2.32. The Bertz CT molecular complexity index is 470. The van der Waals surface area contributed by atoms with E-state index in [9.17, 15) is 14.9 Å². The maximum absolute atomic E-state index is 11.4. The minimum Gasteiger partial charge on any atom is -0.372 e. The standard InChI is InChI=1S/C12H13NO4/c1-8-3-2-4-10(13(15)16)12(8)11-7-9(14)5-6-17-11/h2-4,11H,5-7H2,1H3. The molecule has 0 aromatic heterocycles. The fourth-order valence-electron chi connectivity index (χ4n) is 2.11. The first-order valence-corrected chi connectivity index (χ1v) is 5.47. The molecule has 0 amide bonds. The third-order valence-corrected chi connectivity index (χ3v) is 2.93. The smallest absolute Gasteiger partial charge is 0.275 e. The lowest BCUT2D eigenvalue weighted by atomic mass is 9.95. The van der Waals surface area contributed by atoms with Gasteiger partial charge >= 0.3 is 0 Å². The highest BCUT2D eigenvalue weighted by Gasteiger charge is 2.29. The molecule has 17 heavy (non-hydrogen) atoms. The molecule has 1 saturated heterocycles. The van der Waals surface area contributed by atoms with Crippen LogP contribution < -0.4 is 0 Å². The molecular weight excluding hydrogens is 222 g/mol. The number of aryl methyl sites for hydroxylation is 1. The molecule has 5 heteroatoms. The van der Waals surface area contributed by atoms with Crippen LogP contribution in [0.25, 0.3) is 0 Å². The van der Waals surface area contributed by atoms with Gasteiger partial charge in [-0.25, -0.2) is 0 Å². The summed E-state index contributed by atoms with van der Waals surface area (Å²) >= 11 is 0. The lowest BCUT2D eigenvalue weighted by Gasteiger charge is -2.23. The molecule has 0 N–H and O–H groups in total. The summed E-state index contributed by atoms with van der Waals surface area (Å²) in [5.74, 6) is 0.0961. The Hall–Kier alpha value is -1.75. The number of hydrogen-bond donors (Lipinski definition) is 0. The van der Waals surface area contributed by atoms with Crippen molar-refractivity contribution in [3.05, 3.63) is 39.4 Å². The number of ether oxygens (including phenoxy) is 1. The average molecular weight is 235 g/mol. The van der Waals surface area contributed by atoms with Crippen LogP contribution in [0.3, 0.4) is 0 Å². The molecule has 1 aromatic rings. The van der Waals surface area contributed by atoms with Crippen molar-refractivity contribution in [1.29, 1.82) is 0 Å². The van der Waals surface area contributed by atoms with E-state index in [0.29, 0.717) is 18.6 Å². The summed E-state index contributed by atoms with van der Waals surface area (Å²) in [7, 11) is 0. The molecule has 1 fully saturated rings. The molecular formula is C12H13NO4. The van der Waals surface area contributed by atoms with Gasteiger partial charge in [0.1, 0.15) is 5.78 Å². The van der Waals surface area contributed by atoms with Gasteiger partial charge in [0.25, 0.3) is 5.69 Å². The second kappa shape index (κ2) is 4.63. The van der Waals surface area contributed by atoms with E-state index in [4.69, 9.17) is 4.74 Å². The molecule has 1 aliphatic heterocycles. The van der Waals surface area contributed by atoms with Crippen molar-refractivity contribution in [3.63, 3.8) is 0 Å². The Balaban J connectivity index is 2.42. The van der Waals surface area contributed by atoms with Gasteiger partial charge in [0.2, 0.25) is 0 Å². The van der Waals surface area contributed by atoms with Gasteiger partial charge in [-0.2, -0.15) is 0 Å². The van der Waals surface area contributed by atoms with Crippen LogP contribution >= 0.6 is 0 Å². The first-order valence-electron chi connectivity index (χ1n) is 5.47. The maximum atomic E-state index is 11.4. The summed E-state index contributed by atoms with van der Waals surface area (Å²) in [6, 6.07) is 4.89. The highest BCUT2D eigenvalue weighted by molar-refractivity contribution is 5.80. The van der Waals surface area contributed by atoms with Crippen LogP contribution in [0.1, 0.15) is 30.1 Å². The van der Waals surface area contributed by atoms with E-state index in [2.05, 4.69) is 0 Å². The largest absolute Gasteiger partial charge is 0.372 e. The Kier molecular flexibility index (Phi) is 3.19. The number of carbonyl (C=O) groups excluding carboxylic acids is 1. The molecule has 2 rings (SSSR count). The van der Waals surface area contributed by atoms with Crippen LogP contribution in [0.2, 0.25) is 0 Å². The quantitative estimate of drug-likeness (QED) is 0.582. The Labute approximate surface area is 98.5 Å². The molecule has 1 unspecified atom stereocenters. The van der Waals surface area contributed by atoms with Crippen molar-refractivity contribution in [2.75, 3.05) is 6.61 Å². The molecule has 0 radical (unpaired) electrons. The minimum atomic E-state index is -0.474. The van der Waals surface area contributed by atoms with E-state index >= 15 is 0 Å². The first-order chi connectivity index (χ1) is 8.09. The topological polar surface area (TPSA) is 69.4 Å². The zero-order chi connectivity index (χ0) is 12.4. The molecule has 1 atom stereocenters. The number of carbonyl (C=O) groups is 1. The van der Waals surface area contributed by atoms with E-state index in [0.717, 1.165) is 5.56 Å². The number of benzene rings is 1. The van der Waals surface area contributed by atoms with E-state index in [-0.39, 0.29) is 17.9 Å². The normalized spacial score (nSPS) is 20.3. The van der Waals surface area contributed by atoms with Gasteiger partial charge in [0.05, 0.1) is 23.2 Å². The zero-order valence-electron chi connectivity index (χ0n) is 9.51. The van der Waals surface area contributed by atoms with Gasteiger partial charge < -0.3 is 4.74 Å². The SMILES string of the molecule is Cc1cccc([N+](=O)[O-])c1C1CC(=O)CCO1. The minimum absolute atomic E-state index is 0.0321. The zero-order valence-corrected chi connectivity index (χ0v) is 9.51. The molecule has 0 spiro atoms. The summed E-state index contributed by atoms with van der Waals surface area (Å²) in [5, 5.41) is 11.0. The molecule has 5 nitrogen and oxygen atoms in total. The predicted molar refractivity (Wildman–Crippen MR) is 60.8 cm³/mol. The van der Waals surface area contributed by atoms with Gasteiger partial charge in [-0.3, -0.25) is 14.9 Å². The monoisotopic (exact) mass is 235 g/mol. The summed E-state index contributed by atoms with van der Waals surface area (Å²) < 4.78 is 5.48. The lowest BCUT2D eigenvalue weighted by Crippen LogP contribution is -2.20. The number of hydrogen-bond acceptors (Lipinski definition) is 4. The number of rotatable bonds is 2. The lowest BCUT2D eigenvalue weighted by molar-refractivity contribution is -0.386. The molecule has 1 heterocycles. The summed E-state index contributed by atoms with van der Waals surface area (Å²) in [6.07, 6.45) is 0.153. The number of nitrogens with zero attached hydrogens (tertiary/aromatic N) is 1. The Morgan fingerprint density at radius 2 is 2.24 bits per heavy atom. The summed E-state index contributed by atoms with van der Waals surface area (Å²) in [5.41, 5.74) is 1.36. The van der Waals surface area contributed by atoms with E-state index in [1.54, 1.807) is 19.1 Å². The van der Waals surface area contributed by atoms with Gasteiger partial charge in [-0.15, -0.1) is 0 Å². The second-order valence-corrected chi connectivity index (χ2v) is 4.12. The third kappa shape index (κ3) is 2.34. The fourth-order valence-corrected chi connectivity index (χ4v) is 2.11. The van der Waals surface area contributed by atoms with Crippen molar-refractivity contribution in [2.45, 2.75) is 25.9 Å². The van der Waals surface area contributed by atoms with Crippen LogP contribution in [-0.4, -0.2) is 17.3 Å². The van der Waals surface area contributed by atoms with E-state index in [1.165, 1.54) is 6.07 Å². The van der Waals surface area contributed by atoms with Crippen LogP contribution in [0.5, 0.6) is 0 Å². The van der Waals surface area contributed by atoms with Crippen molar-refractivity contribution >= 4 is 11.5 Å². The number of nitro groups is 1. The van der Waals surface area contributed by atoms with E-state index in [1.807, 2.05) is 0 Å². The number of nitro benzene ring substituents is 1. The molecule has 90 valence electrons. The average Bonchev–Trinajstić information content (AvgIpc) is 2.28. The molecule has 0 saturated carbocycles. The van der Waals surface area contributed by atoms with E-state index < -0.39 is 11.0 Å². The summed E-state index contributed by atoms with van der Waals surface area (Å²) in [4.78, 5) is 21.9. The van der Waals surface area contributed by atoms with Gasteiger partial charge in [-0.1, -0.05) is 12.1 Å². The van der Waals surface area contributed by atoms with Crippen LogP contribution in [0.15, 0.2) is 18.2 Å². The number of Topliss-reactive ketones (excluding diaryl/α,β-unsaturated/α-hetero) is 1. The third-order valence-electron chi connectivity index (χ3n) is 2.93. The second-order valence-electron chi connectivity index (χ2n) is 4.12. The fraction of sp³-hybridized carbons (Fsp3) is 0.417. The molecule has 1 aliphatic rings. The number of ketones is 1. The maximum Gasteiger partial charge on any atom is 0.275 e. The van der Waals surface area contributed by atoms with Gasteiger partial charge in [0.15, 0.2) is 0 Å². The van der Waals surface area contributed by atoms with Crippen LogP contribution in [0.4, 0.5) is 5.69 Å². The van der Waals surface area contributed by atoms with Crippen molar-refractivity contribution < 1.29 is 14.5 Å². The van der Waals surface area contributed by atoms with Crippen molar-refractivity contribution in [1.82, 2.24) is 0 Å². The van der Waals surface area contributed by atoms with Gasteiger partial charge in [-0.05, 0) is 12.5 Å². The van der Waals surface area contributed by atoms with Crippen molar-refractivity contribution in [3.8, 4) is 0 Å². The Morgan fingerprint density at radius 1 is 1.47 bits per heavy atom. The first kappa shape index (κ1) is 11.7. The highest BCUT2D eigenvalue weighted by atomic mass is 16.6. The Morgan fingerprint density at radius 3 is 2.88 bits per heavy atom. The molecule has 1 aromatic carbocycles. The molecule has 0 bridgehead atoms. The summed E-state index contributed by atoms with van der Waals surface area (Å²) in [6.45, 7) is 2.14. The van der Waals surface area contributed by atoms with Crippen LogP contribution in [0, 0.1) is 17.0 Å². The highest BCUT2D eigenvalue weighted by Crippen LogP contribution is 2.34. The van der Waals surface area contributed by atoms with Crippen LogP contribution in [-0.2, 0) is 9.53 Å². The molecule has 0 aliphatic carbocycles. The van der Waals surface area contributed by atoms with Gasteiger partial charge in [0, 0.05) is 18.9 Å². The van der Waals surface area contributed by atoms with Crippen molar-refractivity contribution in [2.24, 2.45) is 0 Å².